The number of benzene rings is 1. The molecule has 1 aromatic heterocycles. The molecule has 0 unspecified atom stereocenters. The third kappa shape index (κ3) is 3.23. The lowest BCUT2D eigenvalue weighted by molar-refractivity contribution is 0.0514. The molecule has 5 heteroatoms. The van der Waals surface area contributed by atoms with Gasteiger partial charge in [-0.05, 0) is 50.6 Å². The van der Waals surface area contributed by atoms with E-state index in [9.17, 15) is 4.79 Å². The SMILES string of the molecule is CC(C)(C)OC(=O)n1cc(-c2c[c]cc(C#N)c2)cn1. The van der Waals surface area contributed by atoms with E-state index in [0.717, 1.165) is 15.8 Å². The summed E-state index contributed by atoms with van der Waals surface area (Å²) in [5.74, 6) is 0. The highest BCUT2D eigenvalue weighted by atomic mass is 16.6. The summed E-state index contributed by atoms with van der Waals surface area (Å²) in [7, 11) is 0. The van der Waals surface area contributed by atoms with Crippen molar-refractivity contribution >= 4 is 6.09 Å². The van der Waals surface area contributed by atoms with E-state index >= 15 is 0 Å². The van der Waals surface area contributed by atoms with Gasteiger partial charge >= 0.3 is 6.09 Å². The topological polar surface area (TPSA) is 67.9 Å². The zero-order valence-corrected chi connectivity index (χ0v) is 11.5. The third-order valence-electron chi connectivity index (χ3n) is 2.41. The maximum atomic E-state index is 11.8. The van der Waals surface area contributed by atoms with E-state index in [2.05, 4.69) is 11.2 Å². The van der Waals surface area contributed by atoms with E-state index in [4.69, 9.17) is 10.00 Å². The lowest BCUT2D eigenvalue weighted by atomic mass is 10.1. The molecule has 0 saturated carbocycles. The first-order chi connectivity index (χ1) is 9.39. The maximum absolute atomic E-state index is 11.8. The van der Waals surface area contributed by atoms with Gasteiger partial charge in [0, 0.05) is 11.8 Å². The molecule has 20 heavy (non-hydrogen) atoms. The van der Waals surface area contributed by atoms with Crippen LogP contribution in [0.25, 0.3) is 11.1 Å². The van der Waals surface area contributed by atoms with Crippen molar-refractivity contribution in [2.75, 3.05) is 0 Å². The summed E-state index contributed by atoms with van der Waals surface area (Å²) in [6.45, 7) is 5.38. The molecule has 5 nitrogen and oxygen atoms in total. The Balaban J connectivity index is 2.25. The summed E-state index contributed by atoms with van der Waals surface area (Å²) < 4.78 is 6.36. The van der Waals surface area contributed by atoms with E-state index in [1.165, 1.54) is 0 Å². The summed E-state index contributed by atoms with van der Waals surface area (Å²) in [6, 6.07) is 9.98. The summed E-state index contributed by atoms with van der Waals surface area (Å²) >= 11 is 0. The Kier molecular flexibility index (Phi) is 3.57. The number of ether oxygens (including phenoxy) is 1. The molecule has 0 atom stereocenters. The summed E-state index contributed by atoms with van der Waals surface area (Å²) in [5, 5.41) is 12.8. The van der Waals surface area contributed by atoms with Crippen LogP contribution >= 0.6 is 0 Å². The fourth-order valence-electron chi connectivity index (χ4n) is 1.58. The quantitative estimate of drug-likeness (QED) is 0.797. The van der Waals surface area contributed by atoms with Gasteiger partial charge < -0.3 is 4.74 Å². The number of carbonyl (C=O) groups excluding carboxylic acids is 1. The Morgan fingerprint density at radius 1 is 1.40 bits per heavy atom. The lowest BCUT2D eigenvalue weighted by Crippen LogP contribution is -2.27. The van der Waals surface area contributed by atoms with Crippen molar-refractivity contribution in [1.82, 2.24) is 9.78 Å². The first-order valence-electron chi connectivity index (χ1n) is 6.09. The third-order valence-corrected chi connectivity index (χ3v) is 2.41. The maximum Gasteiger partial charge on any atom is 0.435 e. The molecule has 0 aliphatic heterocycles. The Labute approximate surface area is 117 Å². The fraction of sp³-hybridized carbons (Fsp3) is 0.267. The van der Waals surface area contributed by atoms with Crippen molar-refractivity contribution < 1.29 is 9.53 Å². The fourth-order valence-corrected chi connectivity index (χ4v) is 1.58. The molecule has 0 aliphatic rings. The van der Waals surface area contributed by atoms with Crippen LogP contribution in [0.4, 0.5) is 4.79 Å². The van der Waals surface area contributed by atoms with Gasteiger partial charge in [0.15, 0.2) is 0 Å². The standard InChI is InChI=1S/C15H14N3O2/c1-15(2,3)20-14(19)18-10-13(9-17-18)12-6-4-5-11(7-12)8-16/h5-7,9-10H,1-3H3. The van der Waals surface area contributed by atoms with Gasteiger partial charge in [0.25, 0.3) is 0 Å². The smallest absolute Gasteiger partial charge is 0.435 e. The Morgan fingerprint density at radius 3 is 2.80 bits per heavy atom. The summed E-state index contributed by atoms with van der Waals surface area (Å²) in [6.07, 6.45) is 2.58. The van der Waals surface area contributed by atoms with E-state index in [-0.39, 0.29) is 0 Å². The Hall–Kier alpha value is -2.61. The second-order valence-corrected chi connectivity index (χ2v) is 5.28. The minimum Gasteiger partial charge on any atom is -0.442 e. The van der Waals surface area contributed by atoms with E-state index in [1.807, 2.05) is 6.07 Å². The molecule has 2 aromatic rings. The number of nitriles is 1. The van der Waals surface area contributed by atoms with E-state index in [0.29, 0.717) is 5.56 Å². The molecule has 0 N–H and O–H groups in total. The molecule has 0 saturated heterocycles. The van der Waals surface area contributed by atoms with Crippen LogP contribution in [0.1, 0.15) is 26.3 Å². The normalized spacial score (nSPS) is 10.9. The monoisotopic (exact) mass is 268 g/mol. The van der Waals surface area contributed by atoms with E-state index in [1.54, 1.807) is 51.4 Å². The van der Waals surface area contributed by atoms with Crippen molar-refractivity contribution in [3.63, 3.8) is 0 Å². The predicted molar refractivity (Wildman–Crippen MR) is 72.8 cm³/mol. The van der Waals surface area contributed by atoms with Crippen molar-refractivity contribution in [3.8, 4) is 17.2 Å². The molecule has 101 valence electrons. The predicted octanol–water partition coefficient (Wildman–Crippen LogP) is 3.01. The zero-order chi connectivity index (χ0) is 14.8. The highest BCUT2D eigenvalue weighted by Gasteiger charge is 2.18. The van der Waals surface area contributed by atoms with Crippen LogP contribution in [-0.2, 0) is 4.74 Å². The molecular formula is C15H14N3O2. The molecule has 0 amide bonds. The molecule has 1 heterocycles. The van der Waals surface area contributed by atoms with Crippen molar-refractivity contribution in [2.24, 2.45) is 0 Å². The minimum atomic E-state index is -0.572. The van der Waals surface area contributed by atoms with Crippen LogP contribution in [0.3, 0.4) is 0 Å². The molecule has 2 rings (SSSR count). The molecule has 0 aliphatic carbocycles. The average molecular weight is 268 g/mol. The minimum absolute atomic E-state index is 0.507. The van der Waals surface area contributed by atoms with Crippen LogP contribution in [0.2, 0.25) is 0 Å². The summed E-state index contributed by atoms with van der Waals surface area (Å²) in [5.41, 5.74) is 1.44. The number of carbonyl (C=O) groups is 1. The number of hydrogen-bond acceptors (Lipinski definition) is 4. The molecule has 1 radical (unpaired) electrons. The molecule has 1 aromatic carbocycles. The van der Waals surface area contributed by atoms with E-state index < -0.39 is 11.7 Å². The molecule has 0 fully saturated rings. The van der Waals surface area contributed by atoms with Gasteiger partial charge in [-0.15, -0.1) is 0 Å². The first-order valence-corrected chi connectivity index (χ1v) is 6.09. The largest absolute Gasteiger partial charge is 0.442 e. The average Bonchev–Trinajstić information content (AvgIpc) is 2.86. The molecule has 0 spiro atoms. The highest BCUT2D eigenvalue weighted by Crippen LogP contribution is 2.19. The molecule has 0 bridgehead atoms. The van der Waals surface area contributed by atoms with Gasteiger partial charge in [-0.1, -0.05) is 0 Å². The summed E-state index contributed by atoms with van der Waals surface area (Å²) in [4.78, 5) is 11.8. The van der Waals surface area contributed by atoms with Crippen LogP contribution in [0, 0.1) is 17.4 Å². The van der Waals surface area contributed by atoms with Gasteiger partial charge in [-0.2, -0.15) is 15.0 Å². The second-order valence-electron chi connectivity index (χ2n) is 5.28. The van der Waals surface area contributed by atoms with Crippen molar-refractivity contribution in [2.45, 2.75) is 26.4 Å². The number of rotatable bonds is 1. The van der Waals surface area contributed by atoms with Gasteiger partial charge in [-0.25, -0.2) is 4.79 Å². The molecular weight excluding hydrogens is 254 g/mol. The number of hydrogen-bond donors (Lipinski definition) is 0. The van der Waals surface area contributed by atoms with Crippen molar-refractivity contribution in [3.05, 3.63) is 42.2 Å². The van der Waals surface area contributed by atoms with Gasteiger partial charge in [0.2, 0.25) is 0 Å². The van der Waals surface area contributed by atoms with Crippen LogP contribution in [-0.4, -0.2) is 21.5 Å². The number of nitrogens with zero attached hydrogens (tertiary/aromatic N) is 3. The van der Waals surface area contributed by atoms with Gasteiger partial charge in [0.1, 0.15) is 5.60 Å². The Bertz CT molecular complexity index is 675. The van der Waals surface area contributed by atoms with Crippen LogP contribution in [0.5, 0.6) is 0 Å². The number of aromatic nitrogens is 2. The second kappa shape index (κ2) is 5.17. The van der Waals surface area contributed by atoms with Crippen LogP contribution in [0.15, 0.2) is 30.6 Å². The lowest BCUT2D eigenvalue weighted by Gasteiger charge is -2.18. The van der Waals surface area contributed by atoms with Gasteiger partial charge in [-0.3, -0.25) is 0 Å². The zero-order valence-electron chi connectivity index (χ0n) is 11.5. The highest BCUT2D eigenvalue weighted by molar-refractivity contribution is 5.73. The Morgan fingerprint density at radius 2 is 2.15 bits per heavy atom. The van der Waals surface area contributed by atoms with Crippen molar-refractivity contribution in [1.29, 1.82) is 5.26 Å². The van der Waals surface area contributed by atoms with Gasteiger partial charge in [0.05, 0.1) is 17.8 Å². The first kappa shape index (κ1) is 13.8. The van der Waals surface area contributed by atoms with Crippen LogP contribution < -0.4 is 0 Å².